The Labute approximate surface area is 171 Å². The van der Waals surface area contributed by atoms with Crippen LogP contribution in [0.1, 0.15) is 16.5 Å². The molecule has 0 aliphatic heterocycles. The molecule has 0 fully saturated rings. The van der Waals surface area contributed by atoms with Crippen molar-refractivity contribution in [2.45, 2.75) is 12.6 Å². The van der Waals surface area contributed by atoms with Crippen molar-refractivity contribution in [3.8, 4) is 5.75 Å². The van der Waals surface area contributed by atoms with Gasteiger partial charge < -0.3 is 20.3 Å². The highest BCUT2D eigenvalue weighted by Gasteiger charge is 2.18. The first-order chi connectivity index (χ1) is 11.7. The molecule has 1 aromatic carbocycles. The van der Waals surface area contributed by atoms with E-state index in [4.69, 9.17) is 4.74 Å². The Morgan fingerprint density at radius 1 is 1.20 bits per heavy atom. The highest BCUT2D eigenvalue weighted by atomic mass is 127. The van der Waals surface area contributed by atoms with E-state index in [1.165, 1.54) is 4.88 Å². The molecule has 2 N–H and O–H groups in total. The summed E-state index contributed by atoms with van der Waals surface area (Å²) < 4.78 is 5.51. The summed E-state index contributed by atoms with van der Waals surface area (Å²) in [5.41, 5.74) is 1.16. The van der Waals surface area contributed by atoms with E-state index in [1.807, 2.05) is 18.2 Å². The molecule has 1 unspecified atom stereocenters. The van der Waals surface area contributed by atoms with Gasteiger partial charge in [0.1, 0.15) is 5.75 Å². The number of para-hydroxylation sites is 1. The van der Waals surface area contributed by atoms with E-state index in [0.29, 0.717) is 0 Å². The summed E-state index contributed by atoms with van der Waals surface area (Å²) in [6.07, 6.45) is 0. The molecule has 0 saturated heterocycles. The predicted octanol–water partition coefficient (Wildman–Crippen LogP) is 3.34. The van der Waals surface area contributed by atoms with Crippen LogP contribution in [0.2, 0.25) is 0 Å². The number of methoxy groups -OCH3 is 1. The van der Waals surface area contributed by atoms with Crippen LogP contribution in [0.4, 0.5) is 0 Å². The summed E-state index contributed by atoms with van der Waals surface area (Å²) in [4.78, 5) is 7.77. The molecule has 138 valence electrons. The molecule has 0 aliphatic carbocycles. The van der Waals surface area contributed by atoms with Crippen LogP contribution < -0.4 is 15.4 Å². The second kappa shape index (κ2) is 11.3. The molecule has 1 atom stereocenters. The lowest BCUT2D eigenvalue weighted by Crippen LogP contribution is -2.41. The zero-order valence-electron chi connectivity index (χ0n) is 15.2. The molecule has 0 radical (unpaired) electrons. The minimum absolute atomic E-state index is 0. The van der Waals surface area contributed by atoms with Crippen molar-refractivity contribution in [2.75, 3.05) is 34.8 Å². The first-order valence-electron chi connectivity index (χ1n) is 7.92. The average molecular weight is 474 g/mol. The Hall–Kier alpha value is -1.32. The van der Waals surface area contributed by atoms with Crippen molar-refractivity contribution in [1.82, 2.24) is 15.5 Å². The predicted molar refractivity (Wildman–Crippen MR) is 117 cm³/mol. The fourth-order valence-electron chi connectivity index (χ4n) is 2.51. The van der Waals surface area contributed by atoms with Gasteiger partial charge in [-0.15, -0.1) is 35.3 Å². The Balaban J connectivity index is 0.00000312. The normalized spacial score (nSPS) is 12.4. The number of ether oxygens (including phenoxy) is 1. The van der Waals surface area contributed by atoms with Crippen LogP contribution >= 0.6 is 35.3 Å². The molecule has 0 aliphatic rings. The van der Waals surface area contributed by atoms with E-state index in [-0.39, 0.29) is 30.0 Å². The Morgan fingerprint density at radius 2 is 1.96 bits per heavy atom. The topological polar surface area (TPSA) is 48.9 Å². The van der Waals surface area contributed by atoms with Crippen LogP contribution in [0.15, 0.2) is 46.8 Å². The number of hydrogen-bond acceptors (Lipinski definition) is 4. The third kappa shape index (κ3) is 6.48. The maximum atomic E-state index is 5.51. The van der Waals surface area contributed by atoms with Gasteiger partial charge in [0.05, 0.1) is 19.7 Å². The van der Waals surface area contributed by atoms with Crippen LogP contribution in [-0.4, -0.2) is 45.7 Å². The lowest BCUT2D eigenvalue weighted by molar-refractivity contribution is 0.287. The first-order valence-corrected chi connectivity index (χ1v) is 8.80. The molecule has 5 nitrogen and oxygen atoms in total. The zero-order chi connectivity index (χ0) is 17.4. The number of guanidine groups is 1. The summed E-state index contributed by atoms with van der Waals surface area (Å²) in [6, 6.07) is 12.5. The van der Waals surface area contributed by atoms with Gasteiger partial charge in [-0.05, 0) is 31.6 Å². The van der Waals surface area contributed by atoms with E-state index in [2.05, 4.69) is 58.2 Å². The molecular formula is C18H27IN4OS. The summed E-state index contributed by atoms with van der Waals surface area (Å²) in [5, 5.41) is 8.84. The molecule has 25 heavy (non-hydrogen) atoms. The number of nitrogens with zero attached hydrogens (tertiary/aromatic N) is 2. The summed E-state index contributed by atoms with van der Waals surface area (Å²) in [5.74, 6) is 1.70. The maximum absolute atomic E-state index is 5.51. The van der Waals surface area contributed by atoms with Gasteiger partial charge in [-0.25, -0.2) is 0 Å². The van der Waals surface area contributed by atoms with E-state index in [0.717, 1.165) is 30.4 Å². The lowest BCUT2D eigenvalue weighted by atomic mass is 10.0. The van der Waals surface area contributed by atoms with Gasteiger partial charge >= 0.3 is 0 Å². The lowest BCUT2D eigenvalue weighted by Gasteiger charge is -2.27. The van der Waals surface area contributed by atoms with E-state index in [9.17, 15) is 0 Å². The fraction of sp³-hybridized carbons (Fsp3) is 0.389. The van der Waals surface area contributed by atoms with Crippen molar-refractivity contribution in [1.29, 1.82) is 0 Å². The van der Waals surface area contributed by atoms with Crippen LogP contribution in [0.3, 0.4) is 0 Å². The second-order valence-electron chi connectivity index (χ2n) is 5.61. The number of aliphatic imine (C=N–C) groups is 1. The maximum Gasteiger partial charge on any atom is 0.191 e. The van der Waals surface area contributed by atoms with Gasteiger partial charge in [-0.3, -0.25) is 4.99 Å². The highest BCUT2D eigenvalue weighted by Crippen LogP contribution is 2.27. The zero-order valence-corrected chi connectivity index (χ0v) is 18.3. The monoisotopic (exact) mass is 474 g/mol. The minimum atomic E-state index is 0. The average Bonchev–Trinajstić information content (AvgIpc) is 3.11. The number of likely N-dealkylation sites (N-methyl/N-ethyl adjacent to an activating group) is 1. The molecule has 7 heteroatoms. The Morgan fingerprint density at radius 3 is 2.56 bits per heavy atom. The number of thiophene rings is 1. The standard InChI is InChI=1S/C18H26N4OS.HI/c1-19-18(20-12-14-8-7-11-24-14)21-13-16(22(2)3)15-9-5-6-10-17(15)23-4;/h5-11,16H,12-13H2,1-4H3,(H2,19,20,21);1H. The molecule has 2 rings (SSSR count). The largest absolute Gasteiger partial charge is 0.496 e. The highest BCUT2D eigenvalue weighted by molar-refractivity contribution is 14.0. The quantitative estimate of drug-likeness (QED) is 0.367. The molecule has 0 saturated carbocycles. The van der Waals surface area contributed by atoms with Crippen molar-refractivity contribution >= 4 is 41.3 Å². The number of rotatable bonds is 7. The number of benzene rings is 1. The van der Waals surface area contributed by atoms with Gasteiger partial charge in [0.2, 0.25) is 0 Å². The molecule has 1 heterocycles. The fourth-order valence-corrected chi connectivity index (χ4v) is 3.15. The van der Waals surface area contributed by atoms with Crippen molar-refractivity contribution < 1.29 is 4.74 Å². The van der Waals surface area contributed by atoms with E-state index in [1.54, 1.807) is 25.5 Å². The molecule has 0 bridgehead atoms. The number of nitrogens with one attached hydrogen (secondary N) is 2. The third-order valence-corrected chi connectivity index (χ3v) is 4.69. The summed E-state index contributed by atoms with van der Waals surface area (Å²) in [6.45, 7) is 1.51. The van der Waals surface area contributed by atoms with Gasteiger partial charge in [-0.2, -0.15) is 0 Å². The van der Waals surface area contributed by atoms with Gasteiger partial charge in [0, 0.05) is 24.0 Å². The molecule has 0 spiro atoms. The van der Waals surface area contributed by atoms with E-state index >= 15 is 0 Å². The number of halogens is 1. The number of hydrogen-bond donors (Lipinski definition) is 2. The van der Waals surface area contributed by atoms with Crippen LogP contribution in [0, 0.1) is 0 Å². The van der Waals surface area contributed by atoms with Crippen molar-refractivity contribution in [2.24, 2.45) is 4.99 Å². The third-order valence-electron chi connectivity index (χ3n) is 3.82. The SMILES string of the molecule is CN=C(NCc1cccs1)NCC(c1ccccc1OC)N(C)C.I. The van der Waals surface area contributed by atoms with Gasteiger partial charge in [-0.1, -0.05) is 24.3 Å². The summed E-state index contributed by atoms with van der Waals surface area (Å²) in [7, 11) is 7.64. The second-order valence-corrected chi connectivity index (χ2v) is 6.64. The van der Waals surface area contributed by atoms with Crippen molar-refractivity contribution in [3.63, 3.8) is 0 Å². The molecule has 2 aromatic rings. The van der Waals surface area contributed by atoms with Crippen molar-refractivity contribution in [3.05, 3.63) is 52.2 Å². The van der Waals surface area contributed by atoms with Crippen LogP contribution in [-0.2, 0) is 6.54 Å². The van der Waals surface area contributed by atoms with E-state index < -0.39 is 0 Å². The van der Waals surface area contributed by atoms with Crippen LogP contribution in [0.5, 0.6) is 5.75 Å². The van der Waals surface area contributed by atoms with Gasteiger partial charge in [0.25, 0.3) is 0 Å². The Kier molecular flexibility index (Phi) is 9.84. The van der Waals surface area contributed by atoms with Crippen LogP contribution in [0.25, 0.3) is 0 Å². The molecular weight excluding hydrogens is 447 g/mol. The van der Waals surface area contributed by atoms with Gasteiger partial charge in [0.15, 0.2) is 5.96 Å². The smallest absolute Gasteiger partial charge is 0.191 e. The molecule has 1 aromatic heterocycles. The first kappa shape index (κ1) is 21.7. The molecule has 0 amide bonds. The minimum Gasteiger partial charge on any atom is -0.496 e. The summed E-state index contributed by atoms with van der Waals surface area (Å²) >= 11 is 1.74. The Bertz CT molecular complexity index is 646.